The summed E-state index contributed by atoms with van der Waals surface area (Å²) in [5.74, 6) is -1.57. The molecule has 0 amide bonds. The van der Waals surface area contributed by atoms with E-state index in [-0.39, 0.29) is 11.5 Å². The van der Waals surface area contributed by atoms with E-state index >= 15 is 0 Å². The lowest BCUT2D eigenvalue weighted by molar-refractivity contribution is -0.149. The highest BCUT2D eigenvalue weighted by Crippen LogP contribution is 2.40. The molecular weight excluding hydrogens is 288 g/mol. The Labute approximate surface area is 130 Å². The summed E-state index contributed by atoms with van der Waals surface area (Å²) in [4.78, 5) is 2.30. The minimum atomic E-state index is -0.793. The third kappa shape index (κ3) is 3.16. The molecule has 2 atom stereocenters. The molecule has 0 aromatic heterocycles. The van der Waals surface area contributed by atoms with E-state index in [9.17, 15) is 8.78 Å². The zero-order valence-electron chi connectivity index (χ0n) is 13.0. The molecular formula is C17H23F2NO2. The van der Waals surface area contributed by atoms with Crippen LogP contribution in [-0.4, -0.2) is 44.4 Å². The predicted octanol–water partition coefficient (Wildman–Crippen LogP) is 2.98. The summed E-state index contributed by atoms with van der Waals surface area (Å²) in [6.07, 6.45) is 3.37. The maximum Gasteiger partial charge on any atom is 0.159 e. The van der Waals surface area contributed by atoms with Crippen molar-refractivity contribution in [2.45, 2.75) is 31.9 Å². The summed E-state index contributed by atoms with van der Waals surface area (Å²) >= 11 is 0. The fraction of sp³-hybridized carbons (Fsp3) is 0.647. The van der Waals surface area contributed by atoms with E-state index in [0.717, 1.165) is 44.5 Å². The first-order valence-corrected chi connectivity index (χ1v) is 7.90. The monoisotopic (exact) mass is 311 g/mol. The van der Waals surface area contributed by atoms with Crippen LogP contribution in [0.3, 0.4) is 0 Å². The molecule has 2 aliphatic rings. The zero-order chi connectivity index (χ0) is 15.6. The average Bonchev–Trinajstić information content (AvgIpc) is 2.51. The smallest absolute Gasteiger partial charge is 0.159 e. The molecule has 2 saturated heterocycles. The van der Waals surface area contributed by atoms with Gasteiger partial charge in [0.05, 0.1) is 12.7 Å². The predicted molar refractivity (Wildman–Crippen MR) is 79.5 cm³/mol. The summed E-state index contributed by atoms with van der Waals surface area (Å²) in [6.45, 7) is 3.94. The van der Waals surface area contributed by atoms with Gasteiger partial charge in [0.15, 0.2) is 11.6 Å². The van der Waals surface area contributed by atoms with Crippen molar-refractivity contribution in [1.82, 2.24) is 4.90 Å². The third-order valence-electron chi connectivity index (χ3n) is 4.89. The molecule has 0 bridgehead atoms. The minimum Gasteiger partial charge on any atom is -0.384 e. The Balaban J connectivity index is 1.71. The van der Waals surface area contributed by atoms with E-state index in [2.05, 4.69) is 4.90 Å². The summed E-state index contributed by atoms with van der Waals surface area (Å²) < 4.78 is 37.8. The van der Waals surface area contributed by atoms with Crippen LogP contribution in [0.1, 0.15) is 24.8 Å². The van der Waals surface area contributed by atoms with Gasteiger partial charge in [0.2, 0.25) is 0 Å². The fourth-order valence-corrected chi connectivity index (χ4v) is 3.91. The van der Waals surface area contributed by atoms with Crippen LogP contribution in [0.25, 0.3) is 0 Å². The van der Waals surface area contributed by atoms with Gasteiger partial charge in [0.25, 0.3) is 0 Å². The largest absolute Gasteiger partial charge is 0.384 e. The third-order valence-corrected chi connectivity index (χ3v) is 4.89. The van der Waals surface area contributed by atoms with E-state index in [1.807, 2.05) is 0 Å². The molecule has 2 unspecified atom stereocenters. The van der Waals surface area contributed by atoms with Crippen LogP contribution < -0.4 is 0 Å². The van der Waals surface area contributed by atoms with Gasteiger partial charge < -0.3 is 9.47 Å². The molecule has 5 heteroatoms. The first-order valence-electron chi connectivity index (χ1n) is 7.90. The van der Waals surface area contributed by atoms with Gasteiger partial charge in [-0.3, -0.25) is 4.90 Å². The van der Waals surface area contributed by atoms with Crippen molar-refractivity contribution in [2.24, 2.45) is 5.41 Å². The highest BCUT2D eigenvalue weighted by Gasteiger charge is 2.45. The van der Waals surface area contributed by atoms with E-state index in [1.54, 1.807) is 13.2 Å². The number of ether oxygens (including phenoxy) is 2. The van der Waals surface area contributed by atoms with Crippen LogP contribution in [-0.2, 0) is 16.0 Å². The van der Waals surface area contributed by atoms with Gasteiger partial charge in [-0.1, -0.05) is 6.07 Å². The van der Waals surface area contributed by atoms with Crippen molar-refractivity contribution in [3.63, 3.8) is 0 Å². The Bertz CT molecular complexity index is 521. The van der Waals surface area contributed by atoms with E-state index in [1.165, 1.54) is 12.1 Å². The Morgan fingerprint density at radius 3 is 3.00 bits per heavy atom. The van der Waals surface area contributed by atoms with Crippen LogP contribution in [0.4, 0.5) is 8.78 Å². The maximum absolute atomic E-state index is 13.4. The number of hydrogen-bond donors (Lipinski definition) is 0. The number of nitrogens with zero attached hydrogens (tertiary/aromatic N) is 1. The van der Waals surface area contributed by atoms with E-state index < -0.39 is 11.6 Å². The second kappa shape index (κ2) is 6.60. The summed E-state index contributed by atoms with van der Waals surface area (Å²) in [5.41, 5.74) is 0.839. The molecule has 3 nitrogen and oxygen atoms in total. The average molecular weight is 311 g/mol. The van der Waals surface area contributed by atoms with Crippen LogP contribution in [0.5, 0.6) is 0 Å². The topological polar surface area (TPSA) is 21.7 Å². The number of piperidine rings is 1. The van der Waals surface area contributed by atoms with Gasteiger partial charge in [0, 0.05) is 38.8 Å². The van der Waals surface area contributed by atoms with Crippen LogP contribution in [0.15, 0.2) is 18.2 Å². The number of hydrogen-bond acceptors (Lipinski definition) is 3. The lowest BCUT2D eigenvalue weighted by Crippen LogP contribution is -2.56. The van der Waals surface area contributed by atoms with Gasteiger partial charge in [-0.05, 0) is 37.0 Å². The maximum atomic E-state index is 13.4. The lowest BCUT2D eigenvalue weighted by atomic mass is 9.73. The van der Waals surface area contributed by atoms with Crippen molar-refractivity contribution >= 4 is 0 Å². The number of halogens is 2. The molecule has 3 rings (SSSR count). The number of fused-ring (bicyclic) bond motifs is 1. The molecule has 0 spiro atoms. The zero-order valence-corrected chi connectivity index (χ0v) is 13.0. The second-order valence-electron chi connectivity index (χ2n) is 6.51. The number of rotatable bonds is 4. The van der Waals surface area contributed by atoms with Crippen LogP contribution in [0, 0.1) is 17.0 Å². The van der Waals surface area contributed by atoms with Gasteiger partial charge >= 0.3 is 0 Å². The van der Waals surface area contributed by atoms with Crippen LogP contribution in [0.2, 0.25) is 0 Å². The van der Waals surface area contributed by atoms with E-state index in [0.29, 0.717) is 13.2 Å². The molecule has 122 valence electrons. The van der Waals surface area contributed by atoms with Crippen molar-refractivity contribution in [3.05, 3.63) is 35.4 Å². The molecule has 1 aromatic rings. The molecule has 2 fully saturated rings. The van der Waals surface area contributed by atoms with Gasteiger partial charge in [-0.15, -0.1) is 0 Å². The fourth-order valence-electron chi connectivity index (χ4n) is 3.91. The molecule has 1 aromatic carbocycles. The van der Waals surface area contributed by atoms with Crippen LogP contribution >= 0.6 is 0 Å². The normalized spacial score (nSPS) is 29.3. The second-order valence-corrected chi connectivity index (χ2v) is 6.51. The molecule has 0 N–H and O–H groups in total. The molecule has 0 saturated carbocycles. The number of likely N-dealkylation sites (tertiary alicyclic amines) is 1. The first-order chi connectivity index (χ1) is 10.6. The number of benzene rings is 1. The quantitative estimate of drug-likeness (QED) is 0.853. The van der Waals surface area contributed by atoms with E-state index in [4.69, 9.17) is 9.47 Å². The van der Waals surface area contributed by atoms with Gasteiger partial charge in [0.1, 0.15) is 0 Å². The van der Waals surface area contributed by atoms with Crippen molar-refractivity contribution in [3.8, 4) is 0 Å². The highest BCUT2D eigenvalue weighted by atomic mass is 19.2. The van der Waals surface area contributed by atoms with Gasteiger partial charge in [-0.25, -0.2) is 8.78 Å². The number of methoxy groups -OCH3 is 1. The van der Waals surface area contributed by atoms with Gasteiger partial charge in [-0.2, -0.15) is 0 Å². The molecule has 22 heavy (non-hydrogen) atoms. The Morgan fingerprint density at radius 2 is 2.23 bits per heavy atom. The Kier molecular flexibility index (Phi) is 4.76. The standard InChI is InChI=1S/C17H23F2NO2/c1-21-12-17-6-2-8-22-16(17)5-7-20(11-17)10-13-3-4-14(18)15(19)9-13/h3-4,9,16H,2,5-8,10-12H2,1H3. The lowest BCUT2D eigenvalue weighted by Gasteiger charge is -2.50. The molecule has 2 aliphatic heterocycles. The Hall–Kier alpha value is -1.04. The summed E-state index contributed by atoms with van der Waals surface area (Å²) in [6, 6.07) is 4.15. The minimum absolute atomic E-state index is 0.0316. The Morgan fingerprint density at radius 1 is 1.36 bits per heavy atom. The van der Waals surface area contributed by atoms with Crippen molar-refractivity contribution in [2.75, 3.05) is 33.4 Å². The first kappa shape index (κ1) is 15.8. The SMILES string of the molecule is COCC12CCCOC1CCN(Cc1ccc(F)c(F)c1)C2. The molecule has 2 heterocycles. The van der Waals surface area contributed by atoms with Crippen molar-refractivity contribution < 1.29 is 18.3 Å². The summed E-state index contributed by atoms with van der Waals surface area (Å²) in [5, 5.41) is 0. The van der Waals surface area contributed by atoms with Crippen molar-refractivity contribution in [1.29, 1.82) is 0 Å². The molecule has 0 aliphatic carbocycles. The summed E-state index contributed by atoms with van der Waals surface area (Å²) in [7, 11) is 1.73. The highest BCUT2D eigenvalue weighted by molar-refractivity contribution is 5.18. The molecule has 0 radical (unpaired) electrons.